The zero-order valence-corrected chi connectivity index (χ0v) is 6.53. The summed E-state index contributed by atoms with van der Waals surface area (Å²) in [6.07, 6.45) is 4.41. The molecule has 1 aromatic heterocycles. The first-order valence-electron chi connectivity index (χ1n) is 3.55. The first kappa shape index (κ1) is 6.31. The molecule has 2 rings (SSSR count). The highest BCUT2D eigenvalue weighted by Gasteiger charge is 2.22. The molecule has 2 N–H and O–H groups in total. The lowest BCUT2D eigenvalue weighted by Gasteiger charge is -2.01. The van der Waals surface area contributed by atoms with Gasteiger partial charge in [-0.2, -0.15) is 0 Å². The summed E-state index contributed by atoms with van der Waals surface area (Å²) in [7, 11) is 0. The molecule has 1 aliphatic carbocycles. The maximum atomic E-state index is 5.59. The van der Waals surface area contributed by atoms with Crippen molar-refractivity contribution in [2.45, 2.75) is 18.8 Å². The Morgan fingerprint density at radius 3 is 3.50 bits per heavy atom. The topological polar surface area (TPSA) is 38.9 Å². The summed E-state index contributed by atoms with van der Waals surface area (Å²) in [6, 6.07) is 0. The fourth-order valence-corrected chi connectivity index (χ4v) is 2.41. The van der Waals surface area contributed by atoms with Gasteiger partial charge >= 0.3 is 0 Å². The van der Waals surface area contributed by atoms with Crippen LogP contribution in [0.3, 0.4) is 0 Å². The van der Waals surface area contributed by atoms with Crippen LogP contribution in [0.15, 0.2) is 6.20 Å². The van der Waals surface area contributed by atoms with Crippen LogP contribution in [0.5, 0.6) is 0 Å². The van der Waals surface area contributed by atoms with E-state index in [-0.39, 0.29) is 0 Å². The summed E-state index contributed by atoms with van der Waals surface area (Å²) in [5.74, 6) is 0.613. The molecule has 0 saturated carbocycles. The third kappa shape index (κ3) is 0.777. The van der Waals surface area contributed by atoms with Gasteiger partial charge in [0.15, 0.2) is 0 Å². The van der Waals surface area contributed by atoms with E-state index in [1.165, 1.54) is 23.3 Å². The molecule has 0 bridgehead atoms. The first-order chi connectivity index (χ1) is 4.92. The van der Waals surface area contributed by atoms with Crippen LogP contribution in [0.2, 0.25) is 0 Å². The minimum atomic E-state index is 0.613. The van der Waals surface area contributed by atoms with Crippen LogP contribution >= 0.6 is 11.5 Å². The summed E-state index contributed by atoms with van der Waals surface area (Å²) in [5.41, 5.74) is 7.02. The number of rotatable bonds is 1. The second-order valence-electron chi connectivity index (χ2n) is 2.69. The second kappa shape index (κ2) is 2.32. The summed E-state index contributed by atoms with van der Waals surface area (Å²) in [4.78, 5) is 1.43. The predicted octanol–water partition coefficient (Wildman–Crippen LogP) is 1.13. The Balaban J connectivity index is 2.34. The predicted molar refractivity (Wildman–Crippen MR) is 42.2 cm³/mol. The molecular formula is C7H10N2S. The molecule has 0 spiro atoms. The largest absolute Gasteiger partial charge is 0.330 e. The van der Waals surface area contributed by atoms with Gasteiger partial charge in [-0.05, 0) is 29.9 Å². The maximum absolute atomic E-state index is 5.59. The van der Waals surface area contributed by atoms with Crippen LogP contribution in [0.1, 0.15) is 22.8 Å². The van der Waals surface area contributed by atoms with Crippen molar-refractivity contribution in [3.63, 3.8) is 0 Å². The highest BCUT2D eigenvalue weighted by atomic mass is 32.1. The van der Waals surface area contributed by atoms with Crippen molar-refractivity contribution in [3.05, 3.63) is 16.6 Å². The molecule has 3 heteroatoms. The Hall–Kier alpha value is -0.410. The Morgan fingerprint density at radius 1 is 1.80 bits per heavy atom. The molecule has 1 aromatic rings. The number of fused-ring (bicyclic) bond motifs is 1. The Bertz CT molecular complexity index is 231. The van der Waals surface area contributed by atoms with Gasteiger partial charge in [-0.3, -0.25) is 0 Å². The average molecular weight is 154 g/mol. The molecular weight excluding hydrogens is 144 g/mol. The van der Waals surface area contributed by atoms with E-state index in [9.17, 15) is 0 Å². The number of aryl methyl sites for hydroxylation is 1. The molecule has 0 aliphatic heterocycles. The van der Waals surface area contributed by atoms with E-state index in [0.29, 0.717) is 5.92 Å². The van der Waals surface area contributed by atoms with E-state index < -0.39 is 0 Å². The van der Waals surface area contributed by atoms with Crippen LogP contribution < -0.4 is 5.73 Å². The highest BCUT2D eigenvalue weighted by molar-refractivity contribution is 7.06. The minimum absolute atomic E-state index is 0.613. The van der Waals surface area contributed by atoms with Crippen LogP contribution in [-0.2, 0) is 6.42 Å². The molecule has 2 nitrogen and oxygen atoms in total. The zero-order valence-electron chi connectivity index (χ0n) is 5.71. The lowest BCUT2D eigenvalue weighted by molar-refractivity contribution is 0.694. The summed E-state index contributed by atoms with van der Waals surface area (Å²) in [6.45, 7) is 0.787. The van der Waals surface area contributed by atoms with Crippen molar-refractivity contribution >= 4 is 11.5 Å². The van der Waals surface area contributed by atoms with Gasteiger partial charge in [0.25, 0.3) is 0 Å². The van der Waals surface area contributed by atoms with Gasteiger partial charge in [-0.15, -0.1) is 0 Å². The van der Waals surface area contributed by atoms with Gasteiger partial charge < -0.3 is 5.73 Å². The monoisotopic (exact) mass is 154 g/mol. The van der Waals surface area contributed by atoms with Gasteiger partial charge in [0.05, 0.1) is 0 Å². The van der Waals surface area contributed by atoms with Crippen molar-refractivity contribution in [1.82, 2.24) is 4.37 Å². The molecule has 1 atom stereocenters. The fourth-order valence-electron chi connectivity index (χ4n) is 1.48. The molecule has 54 valence electrons. The number of nitrogens with two attached hydrogens (primary N) is 1. The van der Waals surface area contributed by atoms with Gasteiger partial charge in [0.2, 0.25) is 0 Å². The fraction of sp³-hybridized carbons (Fsp3) is 0.571. The van der Waals surface area contributed by atoms with Crippen molar-refractivity contribution in [3.8, 4) is 0 Å². The molecule has 0 radical (unpaired) electrons. The standard InChI is InChI=1S/C7H10N2S/c8-3-5-1-2-6-4-9-10-7(5)6/h4-5H,1-3,8H2. The number of aromatic nitrogens is 1. The number of hydrogen-bond donors (Lipinski definition) is 1. The van der Waals surface area contributed by atoms with Crippen LogP contribution in [0, 0.1) is 0 Å². The molecule has 1 aliphatic rings. The van der Waals surface area contributed by atoms with Crippen molar-refractivity contribution in [2.24, 2.45) is 5.73 Å². The van der Waals surface area contributed by atoms with E-state index in [2.05, 4.69) is 4.37 Å². The second-order valence-corrected chi connectivity index (χ2v) is 3.52. The first-order valence-corrected chi connectivity index (χ1v) is 4.32. The minimum Gasteiger partial charge on any atom is -0.330 e. The van der Waals surface area contributed by atoms with E-state index in [1.807, 2.05) is 6.20 Å². The highest BCUT2D eigenvalue weighted by Crippen LogP contribution is 2.34. The zero-order chi connectivity index (χ0) is 6.97. The van der Waals surface area contributed by atoms with Crippen molar-refractivity contribution in [2.75, 3.05) is 6.54 Å². The molecule has 10 heavy (non-hydrogen) atoms. The lowest BCUT2D eigenvalue weighted by atomic mass is 10.1. The molecule has 1 heterocycles. The van der Waals surface area contributed by atoms with E-state index >= 15 is 0 Å². The molecule has 0 fully saturated rings. The maximum Gasteiger partial charge on any atom is 0.0441 e. The van der Waals surface area contributed by atoms with Crippen LogP contribution in [-0.4, -0.2) is 10.9 Å². The van der Waals surface area contributed by atoms with Gasteiger partial charge in [-0.25, -0.2) is 4.37 Å². The number of hydrogen-bond acceptors (Lipinski definition) is 3. The van der Waals surface area contributed by atoms with Gasteiger partial charge in [-0.1, -0.05) is 0 Å². The van der Waals surface area contributed by atoms with E-state index in [0.717, 1.165) is 6.54 Å². The molecule has 0 aromatic carbocycles. The summed E-state index contributed by atoms with van der Waals surface area (Å²) >= 11 is 1.61. The summed E-state index contributed by atoms with van der Waals surface area (Å²) < 4.78 is 4.13. The van der Waals surface area contributed by atoms with Gasteiger partial charge in [0.1, 0.15) is 0 Å². The van der Waals surface area contributed by atoms with E-state index in [4.69, 9.17) is 5.73 Å². The average Bonchev–Trinajstić information content (AvgIpc) is 2.44. The van der Waals surface area contributed by atoms with Crippen LogP contribution in [0.4, 0.5) is 0 Å². The van der Waals surface area contributed by atoms with Crippen molar-refractivity contribution in [1.29, 1.82) is 0 Å². The SMILES string of the molecule is NCC1CCc2cnsc21. The van der Waals surface area contributed by atoms with Crippen LogP contribution in [0.25, 0.3) is 0 Å². The Morgan fingerprint density at radius 2 is 2.70 bits per heavy atom. The van der Waals surface area contributed by atoms with Crippen molar-refractivity contribution < 1.29 is 0 Å². The normalized spacial score (nSPS) is 23.1. The third-order valence-electron chi connectivity index (χ3n) is 2.09. The number of nitrogens with zero attached hydrogens (tertiary/aromatic N) is 1. The van der Waals surface area contributed by atoms with Gasteiger partial charge in [0, 0.05) is 23.5 Å². The lowest BCUT2D eigenvalue weighted by Crippen LogP contribution is -2.07. The summed E-state index contributed by atoms with van der Waals surface area (Å²) in [5, 5.41) is 0. The molecule has 1 unspecified atom stereocenters. The third-order valence-corrected chi connectivity index (χ3v) is 3.10. The smallest absolute Gasteiger partial charge is 0.0441 e. The Kier molecular flexibility index (Phi) is 1.47. The quantitative estimate of drug-likeness (QED) is 0.658. The Labute approximate surface area is 64.2 Å². The molecule has 0 saturated heterocycles. The molecule has 0 amide bonds. The van der Waals surface area contributed by atoms with E-state index in [1.54, 1.807) is 11.5 Å².